The Hall–Kier alpha value is -0.120. The van der Waals surface area contributed by atoms with Crippen LogP contribution in [0, 0.1) is 11.8 Å². The van der Waals surface area contributed by atoms with Gasteiger partial charge in [-0.1, -0.05) is 20.8 Å². The molecule has 96 valence electrons. The van der Waals surface area contributed by atoms with Gasteiger partial charge in [-0.15, -0.1) is 0 Å². The van der Waals surface area contributed by atoms with Gasteiger partial charge in [0, 0.05) is 19.2 Å². The molecule has 1 fully saturated rings. The highest BCUT2D eigenvalue weighted by atomic mass is 16.3. The van der Waals surface area contributed by atoms with Gasteiger partial charge in [-0.2, -0.15) is 0 Å². The predicted octanol–water partition coefficient (Wildman–Crippen LogP) is 1.32. The SMILES string of the molecule is CC(CNC(C)C)CN1CCC(CO)CC1. The normalized spacial score (nSPS) is 21.6. The van der Waals surface area contributed by atoms with Crippen molar-refractivity contribution in [3.05, 3.63) is 0 Å². The first-order valence-electron chi connectivity index (χ1n) is 6.68. The first-order chi connectivity index (χ1) is 7.61. The van der Waals surface area contributed by atoms with Gasteiger partial charge < -0.3 is 15.3 Å². The second-order valence-electron chi connectivity index (χ2n) is 5.59. The van der Waals surface area contributed by atoms with E-state index in [9.17, 15) is 0 Å². The van der Waals surface area contributed by atoms with Crippen molar-refractivity contribution in [1.82, 2.24) is 10.2 Å². The van der Waals surface area contributed by atoms with Crippen LogP contribution in [0.3, 0.4) is 0 Å². The number of likely N-dealkylation sites (tertiary alicyclic amines) is 1. The zero-order chi connectivity index (χ0) is 12.0. The molecule has 0 amide bonds. The van der Waals surface area contributed by atoms with Gasteiger partial charge in [0.05, 0.1) is 0 Å². The molecule has 0 aromatic heterocycles. The van der Waals surface area contributed by atoms with Crippen molar-refractivity contribution >= 4 is 0 Å². The number of piperidine rings is 1. The summed E-state index contributed by atoms with van der Waals surface area (Å²) >= 11 is 0. The first-order valence-corrected chi connectivity index (χ1v) is 6.68. The lowest BCUT2D eigenvalue weighted by molar-refractivity contribution is 0.121. The van der Waals surface area contributed by atoms with Crippen molar-refractivity contribution in [2.45, 2.75) is 39.7 Å². The van der Waals surface area contributed by atoms with E-state index >= 15 is 0 Å². The van der Waals surface area contributed by atoms with Gasteiger partial charge in [-0.25, -0.2) is 0 Å². The number of nitrogens with zero attached hydrogens (tertiary/aromatic N) is 1. The van der Waals surface area contributed by atoms with Crippen LogP contribution in [0.15, 0.2) is 0 Å². The van der Waals surface area contributed by atoms with Crippen molar-refractivity contribution in [2.75, 3.05) is 32.8 Å². The van der Waals surface area contributed by atoms with Gasteiger partial charge in [0.15, 0.2) is 0 Å². The van der Waals surface area contributed by atoms with Crippen LogP contribution >= 0.6 is 0 Å². The molecule has 2 N–H and O–H groups in total. The maximum Gasteiger partial charge on any atom is 0.0460 e. The Morgan fingerprint density at radius 3 is 2.38 bits per heavy atom. The maximum atomic E-state index is 9.08. The third-order valence-electron chi connectivity index (χ3n) is 3.41. The molecule has 1 heterocycles. The predicted molar refractivity (Wildman–Crippen MR) is 68.6 cm³/mol. The average Bonchev–Trinajstić information content (AvgIpc) is 2.27. The van der Waals surface area contributed by atoms with Gasteiger partial charge >= 0.3 is 0 Å². The number of aliphatic hydroxyl groups excluding tert-OH is 1. The molecule has 1 unspecified atom stereocenters. The third-order valence-corrected chi connectivity index (χ3v) is 3.41. The van der Waals surface area contributed by atoms with E-state index in [1.165, 1.54) is 19.4 Å². The number of hydrogen-bond acceptors (Lipinski definition) is 3. The Balaban J connectivity index is 2.13. The molecule has 1 saturated heterocycles. The molecule has 16 heavy (non-hydrogen) atoms. The molecule has 1 rings (SSSR count). The molecular formula is C13H28N2O. The highest BCUT2D eigenvalue weighted by Gasteiger charge is 2.19. The van der Waals surface area contributed by atoms with E-state index in [1.807, 2.05) is 0 Å². The minimum atomic E-state index is 0.373. The first kappa shape index (κ1) is 13.9. The number of hydrogen-bond donors (Lipinski definition) is 2. The minimum Gasteiger partial charge on any atom is -0.396 e. The topological polar surface area (TPSA) is 35.5 Å². The molecule has 1 atom stereocenters. The van der Waals surface area contributed by atoms with Crippen molar-refractivity contribution in [2.24, 2.45) is 11.8 Å². The molecule has 3 heteroatoms. The highest BCUT2D eigenvalue weighted by Crippen LogP contribution is 2.17. The molecule has 0 radical (unpaired) electrons. The highest BCUT2D eigenvalue weighted by molar-refractivity contribution is 4.74. The van der Waals surface area contributed by atoms with Crippen LogP contribution in [0.1, 0.15) is 33.6 Å². The smallest absolute Gasteiger partial charge is 0.0460 e. The van der Waals surface area contributed by atoms with E-state index in [1.54, 1.807) is 0 Å². The van der Waals surface area contributed by atoms with E-state index in [2.05, 4.69) is 31.0 Å². The van der Waals surface area contributed by atoms with Crippen molar-refractivity contribution in [3.63, 3.8) is 0 Å². The largest absolute Gasteiger partial charge is 0.396 e. The van der Waals surface area contributed by atoms with Crippen molar-refractivity contribution in [1.29, 1.82) is 0 Å². The summed E-state index contributed by atoms with van der Waals surface area (Å²) in [5, 5.41) is 12.6. The quantitative estimate of drug-likeness (QED) is 0.720. The number of aliphatic hydroxyl groups is 1. The van der Waals surface area contributed by atoms with E-state index in [0.717, 1.165) is 19.6 Å². The zero-order valence-electron chi connectivity index (χ0n) is 11.1. The van der Waals surface area contributed by atoms with Crippen LogP contribution < -0.4 is 5.32 Å². The number of nitrogens with one attached hydrogen (secondary N) is 1. The lowest BCUT2D eigenvalue weighted by Gasteiger charge is -2.33. The molecule has 0 bridgehead atoms. The van der Waals surface area contributed by atoms with Gasteiger partial charge in [0.1, 0.15) is 0 Å². The summed E-state index contributed by atoms with van der Waals surface area (Å²) in [5.41, 5.74) is 0. The van der Waals surface area contributed by atoms with Crippen LogP contribution in [-0.2, 0) is 0 Å². The zero-order valence-corrected chi connectivity index (χ0v) is 11.1. The Morgan fingerprint density at radius 2 is 1.88 bits per heavy atom. The van der Waals surface area contributed by atoms with Crippen LogP contribution in [0.25, 0.3) is 0 Å². The summed E-state index contributed by atoms with van der Waals surface area (Å²) in [6.45, 7) is 11.7. The molecule has 0 aromatic carbocycles. The van der Waals surface area contributed by atoms with E-state index in [4.69, 9.17) is 5.11 Å². The summed E-state index contributed by atoms with van der Waals surface area (Å²) in [6, 6.07) is 0.586. The molecule has 0 saturated carbocycles. The Labute approximate surface area is 100 Å². The van der Waals surface area contributed by atoms with Gasteiger partial charge in [-0.3, -0.25) is 0 Å². The Kier molecular flexibility index (Phi) is 6.32. The molecule has 1 aliphatic rings. The lowest BCUT2D eigenvalue weighted by atomic mass is 9.97. The standard InChI is InChI=1S/C13H28N2O/c1-11(2)14-8-12(3)9-15-6-4-13(10-16)5-7-15/h11-14,16H,4-10H2,1-3H3. The van der Waals surface area contributed by atoms with E-state index in [0.29, 0.717) is 24.5 Å². The van der Waals surface area contributed by atoms with Gasteiger partial charge in [0.2, 0.25) is 0 Å². The van der Waals surface area contributed by atoms with Crippen molar-refractivity contribution in [3.8, 4) is 0 Å². The maximum absolute atomic E-state index is 9.08. The van der Waals surface area contributed by atoms with Crippen molar-refractivity contribution < 1.29 is 5.11 Å². The van der Waals surface area contributed by atoms with Crippen LogP contribution in [0.2, 0.25) is 0 Å². The van der Waals surface area contributed by atoms with Crippen LogP contribution in [-0.4, -0.2) is 48.8 Å². The fourth-order valence-corrected chi connectivity index (χ4v) is 2.29. The molecule has 0 spiro atoms. The lowest BCUT2D eigenvalue weighted by Crippen LogP contribution is -2.40. The molecule has 0 aliphatic carbocycles. The second-order valence-corrected chi connectivity index (χ2v) is 5.59. The third kappa shape index (κ3) is 5.28. The van der Waals surface area contributed by atoms with E-state index < -0.39 is 0 Å². The van der Waals surface area contributed by atoms with E-state index in [-0.39, 0.29) is 0 Å². The van der Waals surface area contributed by atoms with Gasteiger partial charge in [0.25, 0.3) is 0 Å². The fraction of sp³-hybridized carbons (Fsp3) is 1.00. The van der Waals surface area contributed by atoms with Gasteiger partial charge in [-0.05, 0) is 44.3 Å². The second kappa shape index (κ2) is 7.25. The summed E-state index contributed by atoms with van der Waals surface area (Å²) in [6.07, 6.45) is 2.33. The summed E-state index contributed by atoms with van der Waals surface area (Å²) in [5.74, 6) is 1.27. The van der Waals surface area contributed by atoms with Crippen LogP contribution in [0.5, 0.6) is 0 Å². The summed E-state index contributed by atoms with van der Waals surface area (Å²) in [4.78, 5) is 2.54. The Morgan fingerprint density at radius 1 is 1.25 bits per heavy atom. The Bertz CT molecular complexity index is 177. The average molecular weight is 228 g/mol. The molecule has 3 nitrogen and oxygen atoms in total. The number of rotatable bonds is 6. The summed E-state index contributed by atoms with van der Waals surface area (Å²) < 4.78 is 0. The monoisotopic (exact) mass is 228 g/mol. The minimum absolute atomic E-state index is 0.373. The molecule has 0 aromatic rings. The van der Waals surface area contributed by atoms with Crippen LogP contribution in [0.4, 0.5) is 0 Å². The fourth-order valence-electron chi connectivity index (χ4n) is 2.29. The summed E-state index contributed by atoms with van der Waals surface area (Å²) in [7, 11) is 0. The molecule has 1 aliphatic heterocycles. The molecular weight excluding hydrogens is 200 g/mol.